The van der Waals surface area contributed by atoms with E-state index in [1.807, 2.05) is 0 Å². The van der Waals surface area contributed by atoms with Crippen molar-refractivity contribution in [3.8, 4) is 0 Å². The predicted molar refractivity (Wildman–Crippen MR) is 62.3 cm³/mol. The lowest BCUT2D eigenvalue weighted by Gasteiger charge is -2.19. The molecule has 0 aliphatic heterocycles. The molecule has 0 unspecified atom stereocenters. The van der Waals surface area contributed by atoms with Crippen LogP contribution < -0.4 is 5.32 Å². The largest absolute Gasteiger partial charge is 0.480 e. The van der Waals surface area contributed by atoms with Crippen LogP contribution in [0.3, 0.4) is 0 Å². The summed E-state index contributed by atoms with van der Waals surface area (Å²) in [5.74, 6) is -0.520. The third-order valence-electron chi connectivity index (χ3n) is 1.96. The van der Waals surface area contributed by atoms with Gasteiger partial charge in [0.2, 0.25) is 0 Å². The van der Waals surface area contributed by atoms with E-state index < -0.39 is 5.97 Å². The van der Waals surface area contributed by atoms with Gasteiger partial charge in [-0.15, -0.1) is 6.58 Å². The number of aliphatic carboxylic acids is 1. The Morgan fingerprint density at radius 1 is 1.50 bits per heavy atom. The molecule has 5 heteroatoms. The summed E-state index contributed by atoms with van der Waals surface area (Å²) in [6.07, 6.45) is 2.38. The van der Waals surface area contributed by atoms with Crippen LogP contribution in [0.25, 0.3) is 0 Å². The molecule has 0 bridgehead atoms. The van der Waals surface area contributed by atoms with Crippen LogP contribution in [0, 0.1) is 5.92 Å². The van der Waals surface area contributed by atoms with Gasteiger partial charge in [0.15, 0.2) is 0 Å². The molecular weight excluding hydrogens is 208 g/mol. The topological polar surface area (TPSA) is 69.6 Å². The molecule has 16 heavy (non-hydrogen) atoms. The van der Waals surface area contributed by atoms with Gasteiger partial charge in [0.05, 0.1) is 0 Å². The highest BCUT2D eigenvalue weighted by Gasteiger charge is 2.14. The molecule has 0 heterocycles. The van der Waals surface area contributed by atoms with E-state index in [9.17, 15) is 9.59 Å². The second kappa shape index (κ2) is 7.73. The Morgan fingerprint density at radius 3 is 2.56 bits per heavy atom. The van der Waals surface area contributed by atoms with Crippen LogP contribution in [-0.2, 0) is 4.79 Å². The van der Waals surface area contributed by atoms with Crippen LogP contribution in [0.2, 0.25) is 0 Å². The first-order valence-corrected chi connectivity index (χ1v) is 5.32. The van der Waals surface area contributed by atoms with Gasteiger partial charge >= 0.3 is 12.0 Å². The number of rotatable bonds is 7. The van der Waals surface area contributed by atoms with Crippen molar-refractivity contribution < 1.29 is 14.7 Å². The molecule has 0 radical (unpaired) electrons. The molecule has 0 aromatic rings. The molecule has 0 spiro atoms. The fourth-order valence-electron chi connectivity index (χ4n) is 1.12. The maximum absolute atomic E-state index is 11.6. The Labute approximate surface area is 96.1 Å². The number of carbonyl (C=O) groups excluding carboxylic acids is 1. The number of nitrogens with one attached hydrogen (secondary N) is 1. The van der Waals surface area contributed by atoms with Crippen molar-refractivity contribution >= 4 is 12.0 Å². The molecule has 0 aromatic carbocycles. The first-order chi connectivity index (χ1) is 7.47. The SMILES string of the molecule is C=CCN(CC(=O)O)C(=O)NCCC(C)C. The van der Waals surface area contributed by atoms with Crippen molar-refractivity contribution in [2.75, 3.05) is 19.6 Å². The number of carboxylic acid groups (broad SMARTS) is 1. The van der Waals surface area contributed by atoms with Gasteiger partial charge in [-0.1, -0.05) is 19.9 Å². The van der Waals surface area contributed by atoms with Crippen LogP contribution in [0.5, 0.6) is 0 Å². The van der Waals surface area contributed by atoms with Crippen molar-refractivity contribution in [1.29, 1.82) is 0 Å². The van der Waals surface area contributed by atoms with Crippen molar-refractivity contribution in [3.05, 3.63) is 12.7 Å². The smallest absolute Gasteiger partial charge is 0.323 e. The maximum atomic E-state index is 11.6. The van der Waals surface area contributed by atoms with E-state index in [-0.39, 0.29) is 19.1 Å². The van der Waals surface area contributed by atoms with Gasteiger partial charge in [0.25, 0.3) is 0 Å². The number of urea groups is 1. The average molecular weight is 228 g/mol. The number of hydrogen-bond donors (Lipinski definition) is 2. The highest BCUT2D eigenvalue weighted by atomic mass is 16.4. The Bertz CT molecular complexity index is 252. The third kappa shape index (κ3) is 6.86. The fourth-order valence-corrected chi connectivity index (χ4v) is 1.12. The molecular formula is C11H20N2O3. The first kappa shape index (κ1) is 14.5. The lowest BCUT2D eigenvalue weighted by Crippen LogP contribution is -2.43. The molecule has 0 saturated carbocycles. The minimum absolute atomic E-state index is 0.236. The molecule has 0 saturated heterocycles. The summed E-state index contributed by atoms with van der Waals surface area (Å²) < 4.78 is 0. The van der Waals surface area contributed by atoms with Crippen LogP contribution in [0.4, 0.5) is 4.79 Å². The van der Waals surface area contributed by atoms with Crippen LogP contribution in [0.15, 0.2) is 12.7 Å². The number of carbonyl (C=O) groups is 2. The van der Waals surface area contributed by atoms with Crippen LogP contribution >= 0.6 is 0 Å². The highest BCUT2D eigenvalue weighted by Crippen LogP contribution is 1.97. The van der Waals surface area contributed by atoms with Crippen molar-refractivity contribution in [2.45, 2.75) is 20.3 Å². The van der Waals surface area contributed by atoms with E-state index in [4.69, 9.17) is 5.11 Å². The van der Waals surface area contributed by atoms with Gasteiger partial charge in [-0.3, -0.25) is 4.79 Å². The number of carboxylic acids is 1. The van der Waals surface area contributed by atoms with Crippen molar-refractivity contribution in [2.24, 2.45) is 5.92 Å². The minimum atomic E-state index is -1.03. The molecule has 2 amide bonds. The summed E-state index contributed by atoms with van der Waals surface area (Å²) in [6.45, 7) is 8.09. The first-order valence-electron chi connectivity index (χ1n) is 5.32. The van der Waals surface area contributed by atoms with Gasteiger partial charge < -0.3 is 15.3 Å². The van der Waals surface area contributed by atoms with Crippen LogP contribution in [-0.4, -0.2) is 41.6 Å². The van der Waals surface area contributed by atoms with Gasteiger partial charge in [-0.05, 0) is 12.3 Å². The normalized spacial score (nSPS) is 9.94. The molecule has 0 aliphatic carbocycles. The molecule has 2 N–H and O–H groups in total. The van der Waals surface area contributed by atoms with Gasteiger partial charge in [0.1, 0.15) is 6.54 Å². The monoisotopic (exact) mass is 228 g/mol. The lowest BCUT2D eigenvalue weighted by atomic mass is 10.1. The summed E-state index contributed by atoms with van der Waals surface area (Å²) in [5, 5.41) is 11.3. The zero-order valence-corrected chi connectivity index (χ0v) is 9.90. The molecule has 0 fully saturated rings. The zero-order valence-electron chi connectivity index (χ0n) is 9.90. The van der Waals surface area contributed by atoms with E-state index in [0.29, 0.717) is 12.5 Å². The van der Waals surface area contributed by atoms with E-state index in [2.05, 4.69) is 25.7 Å². The van der Waals surface area contributed by atoms with E-state index in [1.165, 1.54) is 11.0 Å². The summed E-state index contributed by atoms with van der Waals surface area (Å²) in [6, 6.07) is -0.358. The number of amides is 2. The molecule has 0 aromatic heterocycles. The average Bonchev–Trinajstić information content (AvgIpc) is 2.15. The third-order valence-corrected chi connectivity index (χ3v) is 1.96. The van der Waals surface area contributed by atoms with E-state index in [0.717, 1.165) is 6.42 Å². The summed E-state index contributed by atoms with van der Waals surface area (Å²) >= 11 is 0. The quantitative estimate of drug-likeness (QED) is 0.645. The highest BCUT2D eigenvalue weighted by molar-refractivity contribution is 5.80. The Hall–Kier alpha value is -1.52. The molecule has 0 aliphatic rings. The van der Waals surface area contributed by atoms with Gasteiger partial charge in [-0.25, -0.2) is 4.79 Å². The summed E-state index contributed by atoms with van der Waals surface area (Å²) in [5.41, 5.74) is 0. The number of nitrogens with zero attached hydrogens (tertiary/aromatic N) is 1. The second-order valence-corrected chi connectivity index (χ2v) is 3.98. The molecule has 0 rings (SSSR count). The van der Waals surface area contributed by atoms with Crippen LogP contribution in [0.1, 0.15) is 20.3 Å². The fraction of sp³-hybridized carbons (Fsp3) is 0.636. The summed E-state index contributed by atoms with van der Waals surface area (Å²) in [7, 11) is 0. The number of hydrogen-bond acceptors (Lipinski definition) is 2. The standard InChI is InChI=1S/C11H20N2O3/c1-4-7-13(8-10(14)15)11(16)12-6-5-9(2)3/h4,9H,1,5-8H2,2-3H3,(H,12,16)(H,14,15). The Kier molecular flexibility index (Phi) is 7.00. The lowest BCUT2D eigenvalue weighted by molar-refractivity contribution is -0.137. The molecule has 5 nitrogen and oxygen atoms in total. The molecule has 0 atom stereocenters. The van der Waals surface area contributed by atoms with E-state index >= 15 is 0 Å². The Morgan fingerprint density at radius 2 is 2.12 bits per heavy atom. The minimum Gasteiger partial charge on any atom is -0.480 e. The van der Waals surface area contributed by atoms with Gasteiger partial charge in [-0.2, -0.15) is 0 Å². The predicted octanol–water partition coefficient (Wildman–Crippen LogP) is 1.31. The Balaban J connectivity index is 4.06. The van der Waals surface area contributed by atoms with Gasteiger partial charge in [0, 0.05) is 13.1 Å². The molecule has 92 valence electrons. The zero-order chi connectivity index (χ0) is 12.6. The maximum Gasteiger partial charge on any atom is 0.323 e. The van der Waals surface area contributed by atoms with Crippen molar-refractivity contribution in [3.63, 3.8) is 0 Å². The van der Waals surface area contributed by atoms with Crippen molar-refractivity contribution in [1.82, 2.24) is 10.2 Å². The summed E-state index contributed by atoms with van der Waals surface area (Å²) in [4.78, 5) is 23.3. The van der Waals surface area contributed by atoms with E-state index in [1.54, 1.807) is 0 Å². The second-order valence-electron chi connectivity index (χ2n) is 3.98.